The Balaban J connectivity index is 2.40. The quantitative estimate of drug-likeness (QED) is 0.620. The second-order valence-electron chi connectivity index (χ2n) is 4.45. The highest BCUT2D eigenvalue weighted by Gasteiger charge is 2.10. The molecule has 0 radical (unpaired) electrons. The van der Waals surface area contributed by atoms with Gasteiger partial charge >= 0.3 is 5.97 Å². The zero-order chi connectivity index (χ0) is 15.8. The highest BCUT2D eigenvalue weighted by Crippen LogP contribution is 2.25. The van der Waals surface area contributed by atoms with Gasteiger partial charge in [0.25, 0.3) is 11.7 Å². The standard InChI is InChI=1S/C14H17F2NO3S/c1-9(2)20-12(18)7-8-17-13(19)10-3-5-11(6-4-10)21-14(15)16/h3-6,9,14H,7-8H2,1-2H3,(H,17,19). The highest BCUT2D eigenvalue weighted by molar-refractivity contribution is 7.99. The molecule has 0 saturated carbocycles. The van der Waals surface area contributed by atoms with E-state index in [9.17, 15) is 18.4 Å². The van der Waals surface area contributed by atoms with Crippen LogP contribution < -0.4 is 5.32 Å². The second-order valence-corrected chi connectivity index (χ2v) is 5.51. The monoisotopic (exact) mass is 317 g/mol. The van der Waals surface area contributed by atoms with Gasteiger partial charge in [0.05, 0.1) is 12.5 Å². The maximum Gasteiger partial charge on any atom is 0.307 e. The van der Waals surface area contributed by atoms with Crippen LogP contribution >= 0.6 is 11.8 Å². The van der Waals surface area contributed by atoms with Crippen molar-refractivity contribution in [3.05, 3.63) is 29.8 Å². The van der Waals surface area contributed by atoms with Gasteiger partial charge in [0.1, 0.15) is 0 Å². The van der Waals surface area contributed by atoms with Crippen molar-refractivity contribution in [2.45, 2.75) is 37.0 Å². The highest BCUT2D eigenvalue weighted by atomic mass is 32.2. The predicted molar refractivity (Wildman–Crippen MR) is 76.5 cm³/mol. The number of thioether (sulfide) groups is 1. The van der Waals surface area contributed by atoms with Gasteiger partial charge in [-0.25, -0.2) is 0 Å². The van der Waals surface area contributed by atoms with Gasteiger partial charge in [-0.15, -0.1) is 0 Å². The van der Waals surface area contributed by atoms with Crippen LogP contribution in [0, 0.1) is 0 Å². The minimum Gasteiger partial charge on any atom is -0.463 e. The summed E-state index contributed by atoms with van der Waals surface area (Å²) in [6.07, 6.45) is -0.100. The summed E-state index contributed by atoms with van der Waals surface area (Å²) >= 11 is 0.420. The number of benzene rings is 1. The number of rotatable bonds is 7. The summed E-state index contributed by atoms with van der Waals surface area (Å²) in [7, 11) is 0. The van der Waals surface area contributed by atoms with Crippen LogP contribution in [0.3, 0.4) is 0 Å². The second kappa shape index (κ2) is 8.61. The molecule has 4 nitrogen and oxygen atoms in total. The molecular weight excluding hydrogens is 300 g/mol. The van der Waals surface area contributed by atoms with E-state index in [1.165, 1.54) is 24.3 Å². The Morgan fingerprint density at radius 1 is 1.24 bits per heavy atom. The van der Waals surface area contributed by atoms with Crippen LogP contribution in [-0.4, -0.2) is 30.3 Å². The van der Waals surface area contributed by atoms with Crippen molar-refractivity contribution in [2.75, 3.05) is 6.54 Å². The molecule has 1 aromatic rings. The first-order chi connectivity index (χ1) is 9.88. The number of halogens is 2. The molecule has 0 heterocycles. The largest absolute Gasteiger partial charge is 0.463 e. The van der Waals surface area contributed by atoms with Crippen molar-refractivity contribution >= 4 is 23.6 Å². The molecule has 1 aromatic carbocycles. The van der Waals surface area contributed by atoms with E-state index in [1.54, 1.807) is 13.8 Å². The average Bonchev–Trinajstić information content (AvgIpc) is 2.37. The Kier molecular flexibility index (Phi) is 7.14. The summed E-state index contributed by atoms with van der Waals surface area (Å²) in [6.45, 7) is 3.66. The van der Waals surface area contributed by atoms with Gasteiger partial charge in [-0.2, -0.15) is 8.78 Å². The first-order valence-electron chi connectivity index (χ1n) is 6.41. The lowest BCUT2D eigenvalue weighted by atomic mass is 10.2. The number of carbonyl (C=O) groups excluding carboxylic acids is 2. The minimum atomic E-state index is -2.49. The van der Waals surface area contributed by atoms with E-state index in [0.717, 1.165) is 0 Å². The lowest BCUT2D eigenvalue weighted by Gasteiger charge is -2.08. The molecule has 0 bridgehead atoms. The van der Waals surface area contributed by atoms with Gasteiger partial charge in [0, 0.05) is 17.0 Å². The summed E-state index contributed by atoms with van der Waals surface area (Å²) in [5, 5.41) is 2.57. The van der Waals surface area contributed by atoms with Gasteiger partial charge in [-0.3, -0.25) is 9.59 Å². The Morgan fingerprint density at radius 3 is 2.38 bits per heavy atom. The summed E-state index contributed by atoms with van der Waals surface area (Å²) in [4.78, 5) is 23.4. The molecular formula is C14H17F2NO3S. The van der Waals surface area contributed by atoms with Crippen LogP contribution in [0.25, 0.3) is 0 Å². The number of hydrogen-bond acceptors (Lipinski definition) is 4. The smallest absolute Gasteiger partial charge is 0.307 e. The maximum absolute atomic E-state index is 12.2. The van der Waals surface area contributed by atoms with Crippen molar-refractivity contribution in [3.8, 4) is 0 Å². The summed E-state index contributed by atoms with van der Waals surface area (Å²) in [5.41, 5.74) is 0.353. The van der Waals surface area contributed by atoms with Crippen LogP contribution in [0.2, 0.25) is 0 Å². The zero-order valence-corrected chi connectivity index (χ0v) is 12.6. The number of esters is 1. The molecule has 1 N–H and O–H groups in total. The summed E-state index contributed by atoms with van der Waals surface area (Å²) < 4.78 is 29.2. The fourth-order valence-corrected chi connectivity index (χ4v) is 1.99. The average molecular weight is 317 g/mol. The van der Waals surface area contributed by atoms with E-state index >= 15 is 0 Å². The Bertz CT molecular complexity index is 478. The molecule has 0 aromatic heterocycles. The van der Waals surface area contributed by atoms with Gasteiger partial charge in [-0.05, 0) is 38.1 Å². The fourth-order valence-electron chi connectivity index (χ4n) is 1.49. The first-order valence-corrected chi connectivity index (χ1v) is 7.29. The normalized spacial score (nSPS) is 10.8. The number of carbonyl (C=O) groups is 2. The molecule has 0 aliphatic rings. The molecule has 0 saturated heterocycles. The molecule has 0 spiro atoms. The molecule has 7 heteroatoms. The Hall–Kier alpha value is -1.63. The van der Waals surface area contributed by atoms with E-state index in [1.807, 2.05) is 0 Å². The molecule has 21 heavy (non-hydrogen) atoms. The molecule has 1 rings (SSSR count). The van der Waals surface area contributed by atoms with E-state index < -0.39 is 5.76 Å². The van der Waals surface area contributed by atoms with E-state index in [2.05, 4.69) is 5.32 Å². The minimum absolute atomic E-state index is 0.0865. The van der Waals surface area contributed by atoms with Crippen LogP contribution in [0.1, 0.15) is 30.6 Å². The van der Waals surface area contributed by atoms with Gasteiger partial charge < -0.3 is 10.1 Å². The SMILES string of the molecule is CC(C)OC(=O)CCNC(=O)c1ccc(SC(F)F)cc1. The molecule has 0 fully saturated rings. The number of alkyl halides is 2. The van der Waals surface area contributed by atoms with Crippen molar-refractivity contribution in [1.29, 1.82) is 0 Å². The fraction of sp³-hybridized carbons (Fsp3) is 0.429. The van der Waals surface area contributed by atoms with Crippen LogP contribution in [-0.2, 0) is 9.53 Å². The third kappa shape index (κ3) is 7.08. The predicted octanol–water partition coefficient (Wildman–Crippen LogP) is 3.07. The van der Waals surface area contributed by atoms with Gasteiger partial charge in [0.15, 0.2) is 0 Å². The topological polar surface area (TPSA) is 55.4 Å². The summed E-state index contributed by atoms with van der Waals surface area (Å²) in [5.74, 6) is -3.23. The van der Waals surface area contributed by atoms with Crippen LogP contribution in [0.5, 0.6) is 0 Å². The third-order valence-electron chi connectivity index (χ3n) is 2.32. The van der Waals surface area contributed by atoms with Crippen molar-refractivity contribution in [2.24, 2.45) is 0 Å². The summed E-state index contributed by atoms with van der Waals surface area (Å²) in [6, 6.07) is 5.84. The van der Waals surface area contributed by atoms with Gasteiger partial charge in [0.2, 0.25) is 0 Å². The number of ether oxygens (including phenoxy) is 1. The molecule has 0 unspecified atom stereocenters. The van der Waals surface area contributed by atoms with E-state index in [0.29, 0.717) is 22.2 Å². The lowest BCUT2D eigenvalue weighted by molar-refractivity contribution is -0.147. The Labute approximate surface area is 126 Å². The van der Waals surface area contributed by atoms with Crippen molar-refractivity contribution in [1.82, 2.24) is 5.32 Å². The molecule has 0 aliphatic heterocycles. The third-order valence-corrected chi connectivity index (χ3v) is 3.05. The lowest BCUT2D eigenvalue weighted by Crippen LogP contribution is -2.27. The zero-order valence-electron chi connectivity index (χ0n) is 11.8. The molecule has 1 amide bonds. The van der Waals surface area contributed by atoms with Crippen LogP contribution in [0.15, 0.2) is 29.2 Å². The first kappa shape index (κ1) is 17.4. The van der Waals surface area contributed by atoms with E-state index in [4.69, 9.17) is 4.74 Å². The molecule has 116 valence electrons. The number of nitrogens with one attached hydrogen (secondary N) is 1. The molecule has 0 aliphatic carbocycles. The van der Waals surface area contributed by atoms with Crippen molar-refractivity contribution < 1.29 is 23.1 Å². The van der Waals surface area contributed by atoms with Crippen molar-refractivity contribution in [3.63, 3.8) is 0 Å². The maximum atomic E-state index is 12.2. The number of amides is 1. The van der Waals surface area contributed by atoms with E-state index in [-0.39, 0.29) is 30.9 Å². The molecule has 0 atom stereocenters. The van der Waals surface area contributed by atoms with Crippen LogP contribution in [0.4, 0.5) is 8.78 Å². The Morgan fingerprint density at radius 2 is 1.86 bits per heavy atom. The number of hydrogen-bond donors (Lipinski definition) is 1. The van der Waals surface area contributed by atoms with Gasteiger partial charge in [-0.1, -0.05) is 11.8 Å².